The summed E-state index contributed by atoms with van der Waals surface area (Å²) in [4.78, 5) is 28.5. The number of carbonyl (C=O) groups is 2. The number of amides is 2. The van der Waals surface area contributed by atoms with Gasteiger partial charge in [0.25, 0.3) is 0 Å². The molecule has 0 aliphatic carbocycles. The molecule has 0 aliphatic rings. The predicted molar refractivity (Wildman–Crippen MR) is 104 cm³/mol. The van der Waals surface area contributed by atoms with Crippen molar-refractivity contribution in [2.75, 3.05) is 26.2 Å². The summed E-state index contributed by atoms with van der Waals surface area (Å²) in [7, 11) is 0. The van der Waals surface area contributed by atoms with Crippen LogP contribution in [0.15, 0.2) is 0 Å². The van der Waals surface area contributed by atoms with Gasteiger partial charge in [0.05, 0.1) is 0 Å². The molecule has 0 spiro atoms. The molecule has 0 unspecified atom stereocenters. The van der Waals surface area contributed by atoms with E-state index in [0.29, 0.717) is 26.2 Å². The molecule has 0 aromatic heterocycles. The Labute approximate surface area is 159 Å². The first-order chi connectivity index (χ1) is 11.9. The third-order valence-corrected chi connectivity index (χ3v) is 13.9. The first kappa shape index (κ1) is 24.3. The summed E-state index contributed by atoms with van der Waals surface area (Å²) >= 11 is -3.84. The fraction of sp³-hybridized carbons (Fsp3) is 0.889. The minimum atomic E-state index is -3.84. The van der Waals surface area contributed by atoms with Crippen LogP contribution in [0.3, 0.4) is 0 Å². The molecule has 0 heterocycles. The van der Waals surface area contributed by atoms with Crippen LogP contribution < -0.4 is 0 Å². The molecule has 2 amide bonds. The molecule has 7 heteroatoms. The monoisotopic (exact) mass is 466 g/mol. The van der Waals surface area contributed by atoms with Crippen molar-refractivity contribution in [3.05, 3.63) is 0 Å². The van der Waals surface area contributed by atoms with Crippen molar-refractivity contribution in [1.82, 2.24) is 9.80 Å². The first-order valence-electron chi connectivity index (χ1n) is 9.89. The zero-order chi connectivity index (χ0) is 19.3. The van der Waals surface area contributed by atoms with Crippen LogP contribution in [0.4, 0.5) is 9.59 Å². The van der Waals surface area contributed by atoms with Crippen LogP contribution in [0.1, 0.15) is 67.2 Å². The van der Waals surface area contributed by atoms with E-state index in [4.69, 9.17) is 6.15 Å². The van der Waals surface area contributed by atoms with Crippen molar-refractivity contribution in [2.24, 2.45) is 0 Å². The van der Waals surface area contributed by atoms with E-state index in [-0.39, 0.29) is 12.2 Å². The molecule has 148 valence electrons. The molecule has 25 heavy (non-hydrogen) atoms. The first-order valence-corrected chi connectivity index (χ1v) is 16.3. The Morgan fingerprint density at radius 1 is 0.680 bits per heavy atom. The van der Waals surface area contributed by atoms with Crippen LogP contribution in [-0.2, 0) is 6.15 Å². The Hall–Kier alpha value is -0.661. The van der Waals surface area contributed by atoms with Crippen LogP contribution in [0.2, 0.25) is 8.87 Å². The van der Waals surface area contributed by atoms with E-state index in [1.807, 2.05) is 27.7 Å². The average Bonchev–Trinajstić information content (AvgIpc) is 2.60. The van der Waals surface area contributed by atoms with Gasteiger partial charge in [-0.3, -0.25) is 0 Å². The number of hydrogen-bond donors (Lipinski definition) is 0. The molecule has 0 saturated heterocycles. The van der Waals surface area contributed by atoms with E-state index < -0.39 is 19.2 Å². The van der Waals surface area contributed by atoms with Crippen LogP contribution >= 0.6 is 0 Å². The van der Waals surface area contributed by atoms with Crippen LogP contribution in [0.5, 0.6) is 0 Å². The standard InChI is InChI=1S/2C5H11NO2.2C4H9.Sn/c2*1-3-6(4-2)5(7)8;2*1-3-4-2;/h2*3-4H2,1-2H3,(H,7,8);2*1,3-4H2,2H3;/q;;;;+2/p-2. The van der Waals surface area contributed by atoms with E-state index in [9.17, 15) is 9.59 Å². The summed E-state index contributed by atoms with van der Waals surface area (Å²) in [5.41, 5.74) is 0. The fourth-order valence-electron chi connectivity index (χ4n) is 2.65. The summed E-state index contributed by atoms with van der Waals surface area (Å²) in [6, 6.07) is 0. The summed E-state index contributed by atoms with van der Waals surface area (Å²) < 4.78 is 13.5. The van der Waals surface area contributed by atoms with Gasteiger partial charge in [-0.2, -0.15) is 0 Å². The van der Waals surface area contributed by atoms with Gasteiger partial charge in [-0.25, -0.2) is 0 Å². The van der Waals surface area contributed by atoms with Crippen molar-refractivity contribution >= 4 is 31.4 Å². The van der Waals surface area contributed by atoms with Crippen LogP contribution in [0.25, 0.3) is 0 Å². The average molecular weight is 465 g/mol. The SMILES string of the molecule is CCC[CH2][Sn]([CH2]CCC)([O]C(=O)N(CC)CC)[O]C(=O)N(CC)CC. The Morgan fingerprint density at radius 3 is 1.24 bits per heavy atom. The number of rotatable bonds is 12. The molecule has 6 nitrogen and oxygen atoms in total. The van der Waals surface area contributed by atoms with Gasteiger partial charge in [0.1, 0.15) is 0 Å². The Bertz CT molecular complexity index is 349. The molecule has 0 aromatic carbocycles. The van der Waals surface area contributed by atoms with Gasteiger partial charge in [-0.05, 0) is 0 Å². The predicted octanol–water partition coefficient (Wildman–Crippen LogP) is 4.99. The van der Waals surface area contributed by atoms with Gasteiger partial charge in [-0.15, -0.1) is 0 Å². The normalized spacial score (nSPS) is 11.1. The van der Waals surface area contributed by atoms with E-state index in [0.717, 1.165) is 34.6 Å². The minimum absolute atomic E-state index is 0.319. The van der Waals surface area contributed by atoms with E-state index >= 15 is 0 Å². The van der Waals surface area contributed by atoms with Gasteiger partial charge in [0, 0.05) is 0 Å². The molecule has 0 bridgehead atoms. The molecule has 0 aromatic rings. The second-order valence-electron chi connectivity index (χ2n) is 6.20. The number of hydrogen-bond acceptors (Lipinski definition) is 4. The number of nitrogens with zero attached hydrogens (tertiary/aromatic N) is 2. The molecular formula is C18H38N2O4Sn. The molecule has 0 aliphatic heterocycles. The quantitative estimate of drug-likeness (QED) is 0.382. The van der Waals surface area contributed by atoms with Gasteiger partial charge in [0.15, 0.2) is 0 Å². The zero-order valence-corrected chi connectivity index (χ0v) is 20.0. The van der Waals surface area contributed by atoms with E-state index in [1.165, 1.54) is 0 Å². The van der Waals surface area contributed by atoms with Crippen molar-refractivity contribution in [1.29, 1.82) is 0 Å². The molecule has 0 fully saturated rings. The second kappa shape index (κ2) is 13.5. The molecule has 0 saturated carbocycles. The van der Waals surface area contributed by atoms with Crippen molar-refractivity contribution in [2.45, 2.75) is 76.1 Å². The van der Waals surface area contributed by atoms with Gasteiger partial charge in [0.2, 0.25) is 0 Å². The molecule has 0 rings (SSSR count). The summed E-state index contributed by atoms with van der Waals surface area (Å²) in [5.74, 6) is 0. The summed E-state index contributed by atoms with van der Waals surface area (Å²) in [6.45, 7) is 14.3. The van der Waals surface area contributed by atoms with Gasteiger partial charge >= 0.3 is 159 Å². The molecule has 0 atom stereocenters. The van der Waals surface area contributed by atoms with Gasteiger partial charge in [-0.1, -0.05) is 0 Å². The third-order valence-electron chi connectivity index (χ3n) is 4.41. The van der Waals surface area contributed by atoms with Gasteiger partial charge < -0.3 is 0 Å². The number of unbranched alkanes of at least 4 members (excludes halogenated alkanes) is 2. The van der Waals surface area contributed by atoms with Crippen molar-refractivity contribution in [3.8, 4) is 0 Å². The summed E-state index contributed by atoms with van der Waals surface area (Å²) in [5, 5.41) is 0. The maximum atomic E-state index is 12.6. The topological polar surface area (TPSA) is 59.1 Å². The fourth-order valence-corrected chi connectivity index (χ4v) is 12.3. The molecular weight excluding hydrogens is 427 g/mol. The maximum absolute atomic E-state index is 12.6. The van der Waals surface area contributed by atoms with Crippen molar-refractivity contribution < 1.29 is 15.7 Å². The number of carbonyl (C=O) groups excluding carboxylic acids is 2. The Balaban J connectivity index is 5.46. The summed E-state index contributed by atoms with van der Waals surface area (Å²) in [6.07, 6.45) is 3.21. The van der Waals surface area contributed by atoms with E-state index in [2.05, 4.69) is 13.8 Å². The van der Waals surface area contributed by atoms with E-state index in [1.54, 1.807) is 9.80 Å². The van der Waals surface area contributed by atoms with Crippen molar-refractivity contribution in [3.63, 3.8) is 0 Å². The molecule has 0 N–H and O–H groups in total. The van der Waals surface area contributed by atoms with Crippen LogP contribution in [0, 0.1) is 0 Å². The Morgan fingerprint density at radius 2 is 1.00 bits per heavy atom. The molecule has 0 radical (unpaired) electrons. The zero-order valence-electron chi connectivity index (χ0n) is 17.1. The third kappa shape index (κ3) is 8.51. The van der Waals surface area contributed by atoms with Crippen LogP contribution in [-0.4, -0.2) is 67.4 Å². The Kier molecular flexibility index (Phi) is 13.2. The second-order valence-corrected chi connectivity index (χ2v) is 15.4.